The number of pyridine rings is 1. The lowest BCUT2D eigenvalue weighted by molar-refractivity contribution is -0.663. The molecule has 1 amide bonds. The van der Waals surface area contributed by atoms with Crippen LogP contribution in [0.3, 0.4) is 0 Å². The highest BCUT2D eigenvalue weighted by atomic mass is 35.5. The number of ketones is 2. The molecule has 1 fully saturated rings. The SMILES string of the molecule is COCC(=O)Cn1ccc2c1ccc[n+]2CC1=C(C(=O)[O-])N2C(=O)[C@@H](CC(=O)/C(=N\O[C@@H](C)C(=O)O)c3nc(N)sc3Cl)[C@H]2SC1. The topological polar surface area (TPSA) is 210 Å². The molecule has 3 atom stereocenters. The highest BCUT2D eigenvalue weighted by Crippen LogP contribution is 2.45. The van der Waals surface area contributed by atoms with E-state index in [1.54, 1.807) is 23.0 Å². The summed E-state index contributed by atoms with van der Waals surface area (Å²) in [5.74, 6) is -4.98. The number of carboxylic acids is 2. The van der Waals surface area contributed by atoms with Crippen LogP contribution in [0, 0.1) is 5.92 Å². The van der Waals surface area contributed by atoms with E-state index < -0.39 is 53.2 Å². The summed E-state index contributed by atoms with van der Waals surface area (Å²) in [7, 11) is 1.44. The van der Waals surface area contributed by atoms with Gasteiger partial charge in [0.15, 0.2) is 35.2 Å². The summed E-state index contributed by atoms with van der Waals surface area (Å²) in [5.41, 5.74) is 6.86. The molecule has 0 aliphatic carbocycles. The number of ether oxygens (including phenoxy) is 1. The Kier molecular flexibility index (Phi) is 9.76. The van der Waals surface area contributed by atoms with Crippen LogP contribution in [0.1, 0.15) is 19.0 Å². The molecule has 242 valence electrons. The van der Waals surface area contributed by atoms with E-state index in [0.717, 1.165) is 27.3 Å². The van der Waals surface area contributed by atoms with Gasteiger partial charge in [0, 0.05) is 43.2 Å². The van der Waals surface area contributed by atoms with Gasteiger partial charge in [0.05, 0.1) is 29.5 Å². The summed E-state index contributed by atoms with van der Waals surface area (Å²) in [6.07, 6.45) is 1.72. The number of Topliss-reactive ketones (excluding diaryl/α,β-unsaturated/α-hetero) is 2. The zero-order chi connectivity index (χ0) is 33.3. The highest BCUT2D eigenvalue weighted by molar-refractivity contribution is 8.00. The van der Waals surface area contributed by atoms with Crippen LogP contribution >= 0.6 is 34.7 Å². The van der Waals surface area contributed by atoms with Gasteiger partial charge in [-0.1, -0.05) is 28.1 Å². The minimum absolute atomic E-state index is 0.0148. The number of hydrogen-bond donors (Lipinski definition) is 2. The molecule has 0 aromatic carbocycles. The van der Waals surface area contributed by atoms with Gasteiger partial charge in [0.25, 0.3) is 0 Å². The third-order valence-corrected chi connectivity index (χ3v) is 9.80. The van der Waals surface area contributed by atoms with Crippen LogP contribution in [-0.2, 0) is 46.6 Å². The van der Waals surface area contributed by atoms with Crippen molar-refractivity contribution in [3.8, 4) is 0 Å². The smallest absolute Gasteiger partial charge is 0.347 e. The molecule has 0 bridgehead atoms. The van der Waals surface area contributed by atoms with Crippen LogP contribution in [-0.4, -0.2) is 85.6 Å². The van der Waals surface area contributed by atoms with Crippen LogP contribution in [0.25, 0.3) is 11.0 Å². The first-order valence-electron chi connectivity index (χ1n) is 13.7. The molecule has 0 spiro atoms. The first-order valence-corrected chi connectivity index (χ1v) is 15.9. The second-order valence-corrected chi connectivity index (χ2v) is 13.1. The highest BCUT2D eigenvalue weighted by Gasteiger charge is 2.53. The van der Waals surface area contributed by atoms with E-state index in [-0.39, 0.29) is 52.1 Å². The Bertz CT molecular complexity index is 1820. The van der Waals surface area contributed by atoms with E-state index in [2.05, 4.69) is 10.1 Å². The average molecular weight is 691 g/mol. The summed E-state index contributed by atoms with van der Waals surface area (Å²) < 4.78 is 8.52. The van der Waals surface area contributed by atoms with Crippen molar-refractivity contribution in [2.24, 2.45) is 11.1 Å². The van der Waals surface area contributed by atoms with Crippen LogP contribution in [0.5, 0.6) is 0 Å². The number of nitrogens with two attached hydrogens (primary N) is 1. The zero-order valence-corrected chi connectivity index (χ0v) is 26.8. The Hall–Kier alpha value is -4.32. The molecule has 0 saturated carbocycles. The fraction of sp³-hybridized carbons (Fsp3) is 0.357. The third-order valence-electron chi connectivity index (χ3n) is 7.32. The number of amides is 1. The van der Waals surface area contributed by atoms with Crippen molar-refractivity contribution in [1.29, 1.82) is 0 Å². The molecule has 46 heavy (non-hydrogen) atoms. The van der Waals surface area contributed by atoms with Gasteiger partial charge in [0.2, 0.25) is 17.5 Å². The van der Waals surface area contributed by atoms with Crippen LogP contribution < -0.4 is 15.4 Å². The molecule has 3 N–H and O–H groups in total. The van der Waals surface area contributed by atoms with Gasteiger partial charge in [-0.15, -0.1) is 11.8 Å². The second-order valence-electron chi connectivity index (χ2n) is 10.4. The Morgan fingerprint density at radius 2 is 2.09 bits per heavy atom. The molecule has 5 heterocycles. The molecule has 0 unspecified atom stereocenters. The normalized spacial score (nSPS) is 18.7. The first-order chi connectivity index (χ1) is 21.9. The Morgan fingerprint density at radius 3 is 2.74 bits per heavy atom. The van der Waals surface area contributed by atoms with Crippen molar-refractivity contribution < 1.29 is 48.3 Å². The number of nitrogen functional groups attached to an aromatic ring is 1. The van der Waals surface area contributed by atoms with Crippen LogP contribution in [0.15, 0.2) is 47.0 Å². The molecular formula is C28H27ClN6O9S2. The summed E-state index contributed by atoms with van der Waals surface area (Å²) in [6, 6.07) is 5.42. The third kappa shape index (κ3) is 6.48. The van der Waals surface area contributed by atoms with Gasteiger partial charge in [-0.05, 0) is 13.0 Å². The maximum Gasteiger partial charge on any atom is 0.347 e. The van der Waals surface area contributed by atoms with Gasteiger partial charge < -0.3 is 34.9 Å². The molecule has 3 aromatic rings. The number of fused-ring (bicyclic) bond motifs is 2. The summed E-state index contributed by atoms with van der Waals surface area (Å²) >= 11 is 8.35. The number of anilines is 1. The van der Waals surface area contributed by atoms with E-state index in [4.69, 9.17) is 32.0 Å². The number of methoxy groups -OCH3 is 1. The number of rotatable bonds is 14. The fourth-order valence-electron chi connectivity index (χ4n) is 5.18. The lowest BCUT2D eigenvalue weighted by Crippen LogP contribution is -2.63. The minimum atomic E-state index is -1.53. The van der Waals surface area contributed by atoms with E-state index in [0.29, 0.717) is 5.57 Å². The van der Waals surface area contributed by atoms with Gasteiger partial charge in [-0.3, -0.25) is 19.3 Å². The molecule has 1 saturated heterocycles. The number of carboxylic acid groups (broad SMARTS) is 2. The predicted octanol–water partition coefficient (Wildman–Crippen LogP) is 0.225. The van der Waals surface area contributed by atoms with Gasteiger partial charge >= 0.3 is 5.97 Å². The van der Waals surface area contributed by atoms with E-state index in [1.165, 1.54) is 25.8 Å². The van der Waals surface area contributed by atoms with Crippen molar-refractivity contribution in [2.45, 2.75) is 37.9 Å². The van der Waals surface area contributed by atoms with Crippen molar-refractivity contribution in [3.05, 3.63) is 51.9 Å². The average Bonchev–Trinajstić information content (AvgIpc) is 3.57. The maximum absolute atomic E-state index is 13.4. The number of nitrogens with zero attached hydrogens (tertiary/aromatic N) is 5. The summed E-state index contributed by atoms with van der Waals surface area (Å²) in [4.78, 5) is 72.6. The van der Waals surface area contributed by atoms with Crippen molar-refractivity contribution in [1.82, 2.24) is 14.5 Å². The molecular weight excluding hydrogens is 664 g/mol. The minimum Gasteiger partial charge on any atom is -0.543 e. The van der Waals surface area contributed by atoms with Crippen molar-refractivity contribution in [2.75, 3.05) is 25.2 Å². The number of oxime groups is 1. The standard InChI is InChI=1S/C28H27ClN6O9S2/c1-13(26(39)40)44-32-20(21-23(29)46-28(30)31-21)19(37)8-16-24(38)35-22(27(41)42)14(12-45-25(16)35)9-33-6-3-4-17-18(33)5-7-34(17)10-15(36)11-43-2/h3-7,13,16,25H,8-12H2,1-2H3,(H3-,30,31,39,40,41,42)/b32-20+/t13-,16+,25+/m0/s1. The number of thiazole rings is 1. The summed E-state index contributed by atoms with van der Waals surface area (Å²) in [6.45, 7) is 1.42. The maximum atomic E-state index is 13.4. The molecule has 2 aliphatic rings. The number of halogens is 1. The largest absolute Gasteiger partial charge is 0.543 e. The molecule has 3 aromatic heterocycles. The van der Waals surface area contributed by atoms with Crippen molar-refractivity contribution in [3.63, 3.8) is 0 Å². The number of aliphatic carboxylic acids is 2. The fourth-order valence-corrected chi connectivity index (χ4v) is 7.52. The number of thioether (sulfide) groups is 1. The van der Waals surface area contributed by atoms with Crippen LogP contribution in [0.4, 0.5) is 5.13 Å². The lowest BCUT2D eigenvalue weighted by Gasteiger charge is -2.50. The van der Waals surface area contributed by atoms with E-state index >= 15 is 0 Å². The predicted molar refractivity (Wildman–Crippen MR) is 164 cm³/mol. The number of β-lactam (4-membered cyclic amide) rings is 1. The Labute approximate surface area is 274 Å². The molecule has 15 nitrogen and oxygen atoms in total. The Morgan fingerprint density at radius 1 is 1.33 bits per heavy atom. The number of carbonyl (C=O) groups is 5. The monoisotopic (exact) mass is 690 g/mol. The molecule has 0 radical (unpaired) electrons. The van der Waals surface area contributed by atoms with Gasteiger partial charge in [-0.25, -0.2) is 9.78 Å². The zero-order valence-electron chi connectivity index (χ0n) is 24.4. The summed E-state index contributed by atoms with van der Waals surface area (Å²) in [5, 5.41) is 24.6. The van der Waals surface area contributed by atoms with Gasteiger partial charge in [0.1, 0.15) is 22.2 Å². The number of aromatic nitrogens is 3. The van der Waals surface area contributed by atoms with E-state index in [1.807, 2.05) is 16.7 Å². The van der Waals surface area contributed by atoms with E-state index in [9.17, 15) is 29.1 Å². The lowest BCUT2D eigenvalue weighted by atomic mass is 9.89. The van der Waals surface area contributed by atoms with Crippen LogP contribution in [0.2, 0.25) is 4.34 Å². The first kappa shape index (κ1) is 33.1. The quantitative estimate of drug-likeness (QED) is 0.101. The van der Waals surface area contributed by atoms with Crippen molar-refractivity contribution >= 4 is 86.0 Å². The number of hydrogen-bond acceptors (Lipinski definition) is 13. The Balaban J connectivity index is 1.37. The molecule has 2 aliphatic heterocycles. The van der Waals surface area contributed by atoms with Gasteiger partial charge in [-0.2, -0.15) is 4.57 Å². The number of carbonyl (C=O) groups excluding carboxylic acids is 4. The second kappa shape index (κ2) is 13.6. The molecule has 5 rings (SSSR count). The molecule has 18 heteroatoms.